The van der Waals surface area contributed by atoms with Crippen molar-refractivity contribution in [1.29, 1.82) is 0 Å². The first-order valence-electron chi connectivity index (χ1n) is 7.89. The molecular weight excluding hydrogens is 324 g/mol. The van der Waals surface area contributed by atoms with Crippen LogP contribution < -0.4 is 4.74 Å². The van der Waals surface area contributed by atoms with Crippen LogP contribution >= 0.6 is 11.3 Å². The Hall–Kier alpha value is -2.54. The lowest BCUT2D eigenvalue weighted by molar-refractivity contribution is 0.0586. The second-order valence-electron chi connectivity index (χ2n) is 5.66. The first kappa shape index (κ1) is 15.0. The molecule has 2 aromatic heterocycles. The number of ether oxygens (including phenoxy) is 1. The van der Waals surface area contributed by atoms with Crippen LogP contribution in [0.15, 0.2) is 42.6 Å². The summed E-state index contributed by atoms with van der Waals surface area (Å²) in [6.45, 7) is 1.33. The van der Waals surface area contributed by atoms with Crippen LogP contribution in [0.1, 0.15) is 22.6 Å². The monoisotopic (exact) mass is 340 g/mol. The number of carbonyl (C=O) groups excluding carboxylic acids is 1. The second-order valence-corrected chi connectivity index (χ2v) is 6.69. The molecule has 3 heterocycles. The zero-order chi connectivity index (χ0) is 16.4. The summed E-state index contributed by atoms with van der Waals surface area (Å²) < 4.78 is 6.86. The van der Waals surface area contributed by atoms with Crippen LogP contribution in [-0.4, -0.2) is 45.2 Å². The van der Waals surface area contributed by atoms with E-state index in [1.54, 1.807) is 18.3 Å². The first-order chi connectivity index (χ1) is 11.8. The minimum atomic E-state index is 0.00847. The van der Waals surface area contributed by atoms with E-state index in [4.69, 9.17) is 4.74 Å². The van der Waals surface area contributed by atoms with Crippen LogP contribution in [0.2, 0.25) is 0 Å². The first-order valence-corrected chi connectivity index (χ1v) is 8.70. The number of hydrogen-bond donors (Lipinski definition) is 0. The van der Waals surface area contributed by atoms with Gasteiger partial charge >= 0.3 is 0 Å². The quantitative estimate of drug-likeness (QED) is 0.733. The third-order valence-corrected chi connectivity index (χ3v) is 5.07. The molecule has 0 bridgehead atoms. The molecule has 1 fully saturated rings. The summed E-state index contributed by atoms with van der Waals surface area (Å²) >= 11 is 1.45. The minimum Gasteiger partial charge on any atom is -0.473 e. The largest absolute Gasteiger partial charge is 0.473 e. The molecule has 1 amide bonds. The highest BCUT2D eigenvalue weighted by Crippen LogP contribution is 2.24. The van der Waals surface area contributed by atoms with Crippen molar-refractivity contribution in [3.8, 4) is 5.88 Å². The standard InChI is InChI=1S/C17H16N4O2S/c22-17(16-19-13-4-1-2-5-14(13)24-16)21-10-7-12(8-11-21)23-15-6-3-9-18-20-15/h1-6,9,12H,7-8,10-11H2. The normalized spacial score (nSPS) is 15.6. The maximum atomic E-state index is 12.6. The molecule has 3 aromatic rings. The van der Waals surface area contributed by atoms with Gasteiger partial charge in [0.1, 0.15) is 6.10 Å². The van der Waals surface area contributed by atoms with Crippen molar-refractivity contribution >= 4 is 27.5 Å². The lowest BCUT2D eigenvalue weighted by atomic mass is 10.1. The molecule has 0 radical (unpaired) electrons. The Morgan fingerprint density at radius 1 is 1.17 bits per heavy atom. The van der Waals surface area contributed by atoms with Gasteiger partial charge in [-0.25, -0.2) is 4.98 Å². The average molecular weight is 340 g/mol. The van der Waals surface area contributed by atoms with Crippen LogP contribution in [0, 0.1) is 0 Å². The molecule has 0 unspecified atom stereocenters. The fraction of sp³-hybridized carbons (Fsp3) is 0.294. The number of nitrogens with zero attached hydrogens (tertiary/aromatic N) is 4. The molecule has 0 saturated carbocycles. The molecule has 4 rings (SSSR count). The third-order valence-electron chi connectivity index (χ3n) is 4.04. The number of aromatic nitrogens is 3. The summed E-state index contributed by atoms with van der Waals surface area (Å²) in [6, 6.07) is 11.4. The molecule has 0 spiro atoms. The van der Waals surface area contributed by atoms with Crippen LogP contribution in [0.5, 0.6) is 5.88 Å². The molecule has 6 nitrogen and oxygen atoms in total. The number of rotatable bonds is 3. The maximum Gasteiger partial charge on any atom is 0.282 e. The van der Waals surface area contributed by atoms with E-state index in [9.17, 15) is 4.79 Å². The van der Waals surface area contributed by atoms with Crippen molar-refractivity contribution in [1.82, 2.24) is 20.1 Å². The summed E-state index contributed by atoms with van der Waals surface area (Å²) in [7, 11) is 0. The number of likely N-dealkylation sites (tertiary alicyclic amines) is 1. The van der Waals surface area contributed by atoms with Gasteiger partial charge in [0.15, 0.2) is 5.01 Å². The van der Waals surface area contributed by atoms with Crippen molar-refractivity contribution in [3.63, 3.8) is 0 Å². The summed E-state index contributed by atoms with van der Waals surface area (Å²) in [4.78, 5) is 19.0. The van der Waals surface area contributed by atoms with Gasteiger partial charge in [-0.2, -0.15) is 5.10 Å². The number of hydrogen-bond acceptors (Lipinski definition) is 6. The maximum absolute atomic E-state index is 12.6. The Morgan fingerprint density at radius 2 is 2.00 bits per heavy atom. The van der Waals surface area contributed by atoms with Crippen molar-refractivity contribution in [2.24, 2.45) is 0 Å². The van der Waals surface area contributed by atoms with Crippen molar-refractivity contribution in [2.45, 2.75) is 18.9 Å². The van der Waals surface area contributed by atoms with E-state index in [2.05, 4.69) is 15.2 Å². The van der Waals surface area contributed by atoms with Gasteiger partial charge < -0.3 is 9.64 Å². The number of thiazole rings is 1. The molecule has 1 aliphatic rings. The molecule has 7 heteroatoms. The van der Waals surface area contributed by atoms with Gasteiger partial charge in [0.05, 0.1) is 10.2 Å². The summed E-state index contributed by atoms with van der Waals surface area (Å²) in [5.74, 6) is 0.544. The molecule has 1 saturated heterocycles. The predicted molar refractivity (Wildman–Crippen MR) is 91.2 cm³/mol. The lowest BCUT2D eigenvalue weighted by Gasteiger charge is -2.31. The smallest absolute Gasteiger partial charge is 0.282 e. The predicted octanol–water partition coefficient (Wildman–Crippen LogP) is 2.77. The highest BCUT2D eigenvalue weighted by atomic mass is 32.1. The van der Waals surface area contributed by atoms with Gasteiger partial charge in [0.25, 0.3) is 5.91 Å². The van der Waals surface area contributed by atoms with E-state index >= 15 is 0 Å². The van der Waals surface area contributed by atoms with Crippen molar-refractivity contribution < 1.29 is 9.53 Å². The number of piperidine rings is 1. The zero-order valence-electron chi connectivity index (χ0n) is 13.0. The molecule has 122 valence electrons. The topological polar surface area (TPSA) is 68.2 Å². The van der Waals surface area contributed by atoms with Crippen LogP contribution in [0.4, 0.5) is 0 Å². The number of fused-ring (bicyclic) bond motifs is 1. The van der Waals surface area contributed by atoms with E-state index < -0.39 is 0 Å². The Labute approximate surface area is 143 Å². The number of benzene rings is 1. The number of amides is 1. The summed E-state index contributed by atoms with van der Waals surface area (Å²) in [5, 5.41) is 8.30. The summed E-state index contributed by atoms with van der Waals surface area (Å²) in [5.41, 5.74) is 0.881. The van der Waals surface area contributed by atoms with Crippen LogP contribution in [0.25, 0.3) is 10.2 Å². The van der Waals surface area contributed by atoms with Gasteiger partial charge in [0, 0.05) is 38.2 Å². The number of para-hydroxylation sites is 1. The van der Waals surface area contributed by atoms with Gasteiger partial charge in [-0.15, -0.1) is 16.4 Å². The molecular formula is C17H16N4O2S. The fourth-order valence-electron chi connectivity index (χ4n) is 2.80. The molecule has 24 heavy (non-hydrogen) atoms. The van der Waals surface area contributed by atoms with Gasteiger partial charge in [-0.3, -0.25) is 4.79 Å². The second kappa shape index (κ2) is 6.52. The third kappa shape index (κ3) is 3.07. The van der Waals surface area contributed by atoms with Gasteiger partial charge in [-0.1, -0.05) is 12.1 Å². The Kier molecular flexibility index (Phi) is 4.08. The zero-order valence-corrected chi connectivity index (χ0v) is 13.8. The van der Waals surface area contributed by atoms with Gasteiger partial charge in [-0.05, 0) is 18.2 Å². The van der Waals surface area contributed by atoms with E-state index in [1.807, 2.05) is 29.2 Å². The van der Waals surface area contributed by atoms with E-state index in [-0.39, 0.29) is 12.0 Å². The Bertz CT molecular complexity index is 811. The molecule has 0 N–H and O–H groups in total. The van der Waals surface area contributed by atoms with E-state index in [0.717, 1.165) is 23.1 Å². The highest BCUT2D eigenvalue weighted by Gasteiger charge is 2.26. The molecule has 1 aliphatic heterocycles. The van der Waals surface area contributed by atoms with Crippen molar-refractivity contribution in [2.75, 3.05) is 13.1 Å². The molecule has 0 aliphatic carbocycles. The molecule has 0 atom stereocenters. The Balaban J connectivity index is 1.39. The van der Waals surface area contributed by atoms with Crippen LogP contribution in [0.3, 0.4) is 0 Å². The summed E-state index contributed by atoms with van der Waals surface area (Å²) in [6.07, 6.45) is 3.26. The molecule has 1 aromatic carbocycles. The van der Waals surface area contributed by atoms with E-state index in [1.165, 1.54) is 11.3 Å². The van der Waals surface area contributed by atoms with E-state index in [0.29, 0.717) is 24.0 Å². The lowest BCUT2D eigenvalue weighted by Crippen LogP contribution is -2.41. The Morgan fingerprint density at radius 3 is 2.75 bits per heavy atom. The van der Waals surface area contributed by atoms with Gasteiger partial charge in [0.2, 0.25) is 5.88 Å². The highest BCUT2D eigenvalue weighted by molar-refractivity contribution is 7.20. The van der Waals surface area contributed by atoms with Crippen LogP contribution in [-0.2, 0) is 0 Å². The fourth-order valence-corrected chi connectivity index (χ4v) is 3.73. The average Bonchev–Trinajstić information content (AvgIpc) is 3.07. The number of carbonyl (C=O) groups is 1. The SMILES string of the molecule is O=C(c1nc2ccccc2s1)N1CCC(Oc2cccnn2)CC1. The minimum absolute atomic E-state index is 0.00847. The van der Waals surface area contributed by atoms with Crippen molar-refractivity contribution in [3.05, 3.63) is 47.6 Å².